The number of ether oxygens (including phenoxy) is 1. The monoisotopic (exact) mass is 298 g/mol. The van der Waals surface area contributed by atoms with Crippen LogP contribution < -0.4 is 15.6 Å². The Morgan fingerprint density at radius 3 is 2.59 bits per heavy atom. The number of carbonyl (C=O) groups excluding carboxylic acids is 1. The van der Waals surface area contributed by atoms with E-state index in [-0.39, 0.29) is 23.1 Å². The predicted molar refractivity (Wildman–Crippen MR) is 83.0 cm³/mol. The van der Waals surface area contributed by atoms with Gasteiger partial charge < -0.3 is 15.0 Å². The fraction of sp³-hybridized carbons (Fsp3) is 0.294. The van der Waals surface area contributed by atoms with Gasteiger partial charge in [-0.3, -0.25) is 9.59 Å². The van der Waals surface area contributed by atoms with Gasteiger partial charge in [0.05, 0.1) is 13.2 Å². The van der Waals surface area contributed by atoms with E-state index < -0.39 is 0 Å². The Kier molecular flexibility index (Phi) is 3.96. The van der Waals surface area contributed by atoms with Crippen molar-refractivity contribution in [2.45, 2.75) is 18.9 Å². The molecule has 1 saturated carbocycles. The van der Waals surface area contributed by atoms with Gasteiger partial charge in [0.15, 0.2) is 0 Å². The minimum absolute atomic E-state index is 0.0713. The maximum absolute atomic E-state index is 12.3. The first-order chi connectivity index (χ1) is 10.7. The molecule has 2 aromatic rings. The number of pyridine rings is 1. The van der Waals surface area contributed by atoms with Gasteiger partial charge in [0, 0.05) is 6.20 Å². The van der Waals surface area contributed by atoms with Gasteiger partial charge in [-0.2, -0.15) is 0 Å². The number of H-pyrrole nitrogens is 1. The third-order valence-electron chi connectivity index (χ3n) is 3.92. The summed E-state index contributed by atoms with van der Waals surface area (Å²) in [7, 11) is 1.62. The molecule has 0 radical (unpaired) electrons. The highest BCUT2D eigenvalue weighted by atomic mass is 16.5. The SMILES string of the molecule is COc1ccc([C@H](NC(=O)c2ccc[nH]c2=O)C2CC2)cc1. The number of amides is 1. The molecular weight excluding hydrogens is 280 g/mol. The molecule has 1 aromatic carbocycles. The van der Waals surface area contributed by atoms with Crippen molar-refractivity contribution >= 4 is 5.91 Å². The lowest BCUT2D eigenvalue weighted by Gasteiger charge is -2.19. The van der Waals surface area contributed by atoms with Gasteiger partial charge in [-0.05, 0) is 48.6 Å². The Morgan fingerprint density at radius 2 is 2.00 bits per heavy atom. The van der Waals surface area contributed by atoms with Gasteiger partial charge in [-0.25, -0.2) is 0 Å². The summed E-state index contributed by atoms with van der Waals surface area (Å²) in [5.41, 5.74) is 0.801. The number of hydrogen-bond donors (Lipinski definition) is 2. The zero-order valence-electron chi connectivity index (χ0n) is 12.3. The normalized spacial score (nSPS) is 15.1. The molecule has 0 bridgehead atoms. The summed E-state index contributed by atoms with van der Waals surface area (Å²) in [6, 6.07) is 10.8. The number of rotatable bonds is 5. The van der Waals surface area contributed by atoms with Gasteiger partial charge in [0.2, 0.25) is 0 Å². The van der Waals surface area contributed by atoms with Crippen LogP contribution >= 0.6 is 0 Å². The predicted octanol–water partition coefficient (Wildman–Crippen LogP) is 2.26. The average molecular weight is 298 g/mol. The van der Waals surface area contributed by atoms with Crippen LogP contribution in [0.4, 0.5) is 0 Å². The lowest BCUT2D eigenvalue weighted by atomic mass is 10.0. The first-order valence-corrected chi connectivity index (χ1v) is 7.31. The van der Waals surface area contributed by atoms with Crippen LogP contribution in [0.1, 0.15) is 34.8 Å². The van der Waals surface area contributed by atoms with Gasteiger partial charge in [-0.1, -0.05) is 12.1 Å². The molecule has 0 aliphatic heterocycles. The fourth-order valence-corrected chi connectivity index (χ4v) is 2.53. The van der Waals surface area contributed by atoms with E-state index in [0.717, 1.165) is 24.2 Å². The second kappa shape index (κ2) is 6.05. The van der Waals surface area contributed by atoms with Crippen molar-refractivity contribution in [3.05, 3.63) is 64.1 Å². The molecule has 3 rings (SSSR count). The molecule has 1 aliphatic rings. The molecule has 1 aliphatic carbocycles. The first-order valence-electron chi connectivity index (χ1n) is 7.31. The third-order valence-corrected chi connectivity index (χ3v) is 3.92. The highest BCUT2D eigenvalue weighted by molar-refractivity contribution is 5.94. The molecule has 1 fully saturated rings. The summed E-state index contributed by atoms with van der Waals surface area (Å²) in [6.07, 6.45) is 3.69. The molecule has 22 heavy (non-hydrogen) atoms. The lowest BCUT2D eigenvalue weighted by molar-refractivity contribution is 0.0930. The van der Waals surface area contributed by atoms with Crippen LogP contribution in [0, 0.1) is 5.92 Å². The molecule has 1 aromatic heterocycles. The topological polar surface area (TPSA) is 71.2 Å². The van der Waals surface area contributed by atoms with Crippen LogP contribution in [-0.2, 0) is 0 Å². The summed E-state index contributed by atoms with van der Waals surface area (Å²) in [5, 5.41) is 2.99. The molecule has 1 atom stereocenters. The zero-order valence-corrected chi connectivity index (χ0v) is 12.3. The number of methoxy groups -OCH3 is 1. The molecule has 1 amide bonds. The second-order valence-electron chi connectivity index (χ2n) is 5.47. The van der Waals surface area contributed by atoms with Crippen molar-refractivity contribution in [1.82, 2.24) is 10.3 Å². The van der Waals surface area contributed by atoms with E-state index in [0.29, 0.717) is 5.92 Å². The number of carbonyl (C=O) groups is 1. The molecular formula is C17H18N2O3. The van der Waals surface area contributed by atoms with Crippen molar-refractivity contribution in [3.8, 4) is 5.75 Å². The van der Waals surface area contributed by atoms with Crippen molar-refractivity contribution in [2.75, 3.05) is 7.11 Å². The number of hydrogen-bond acceptors (Lipinski definition) is 3. The van der Waals surface area contributed by atoms with E-state index in [1.54, 1.807) is 13.2 Å². The highest BCUT2D eigenvalue weighted by Gasteiger charge is 2.33. The standard InChI is InChI=1S/C17H18N2O3/c1-22-13-8-6-12(7-9-13)15(11-4-5-11)19-17(21)14-3-2-10-18-16(14)20/h2-3,6-11,15H,4-5H2,1H3,(H,18,20)(H,19,21)/t15-/m1/s1. The first kappa shape index (κ1) is 14.4. The smallest absolute Gasteiger partial charge is 0.260 e. The quantitative estimate of drug-likeness (QED) is 0.889. The summed E-state index contributed by atoms with van der Waals surface area (Å²) < 4.78 is 5.16. The van der Waals surface area contributed by atoms with Crippen LogP contribution in [-0.4, -0.2) is 18.0 Å². The average Bonchev–Trinajstić information content (AvgIpc) is 3.38. The summed E-state index contributed by atoms with van der Waals surface area (Å²) in [4.78, 5) is 26.6. The minimum Gasteiger partial charge on any atom is -0.497 e. The van der Waals surface area contributed by atoms with E-state index >= 15 is 0 Å². The second-order valence-corrected chi connectivity index (χ2v) is 5.47. The van der Waals surface area contributed by atoms with Crippen molar-refractivity contribution in [3.63, 3.8) is 0 Å². The van der Waals surface area contributed by atoms with E-state index in [9.17, 15) is 9.59 Å². The Bertz CT molecular complexity index is 717. The Hall–Kier alpha value is -2.56. The molecule has 5 nitrogen and oxygen atoms in total. The van der Waals surface area contributed by atoms with Crippen LogP contribution in [0.25, 0.3) is 0 Å². The van der Waals surface area contributed by atoms with E-state index in [2.05, 4.69) is 10.3 Å². The summed E-state index contributed by atoms with van der Waals surface area (Å²) >= 11 is 0. The van der Waals surface area contributed by atoms with Gasteiger partial charge in [0.1, 0.15) is 11.3 Å². The van der Waals surface area contributed by atoms with Gasteiger partial charge in [0.25, 0.3) is 11.5 Å². The molecule has 5 heteroatoms. The molecule has 0 saturated heterocycles. The molecule has 114 valence electrons. The lowest BCUT2D eigenvalue weighted by Crippen LogP contribution is -2.33. The van der Waals surface area contributed by atoms with Crippen LogP contribution in [0.5, 0.6) is 5.75 Å². The number of aromatic amines is 1. The van der Waals surface area contributed by atoms with E-state index in [1.807, 2.05) is 24.3 Å². The van der Waals surface area contributed by atoms with Crippen molar-refractivity contribution in [1.29, 1.82) is 0 Å². The minimum atomic E-state index is -0.371. The van der Waals surface area contributed by atoms with Crippen LogP contribution in [0.15, 0.2) is 47.4 Å². The number of nitrogens with one attached hydrogen (secondary N) is 2. The molecule has 0 spiro atoms. The maximum Gasteiger partial charge on any atom is 0.260 e. The van der Waals surface area contributed by atoms with Gasteiger partial charge in [-0.15, -0.1) is 0 Å². The summed E-state index contributed by atoms with van der Waals surface area (Å²) in [6.45, 7) is 0. The largest absolute Gasteiger partial charge is 0.497 e. The van der Waals surface area contributed by atoms with Crippen molar-refractivity contribution < 1.29 is 9.53 Å². The number of aromatic nitrogens is 1. The third kappa shape index (κ3) is 3.03. The molecule has 2 N–H and O–H groups in total. The van der Waals surface area contributed by atoms with Gasteiger partial charge >= 0.3 is 0 Å². The van der Waals surface area contributed by atoms with E-state index in [4.69, 9.17) is 4.74 Å². The number of benzene rings is 1. The molecule has 0 unspecified atom stereocenters. The summed E-state index contributed by atoms with van der Waals surface area (Å²) in [5.74, 6) is 0.874. The Balaban J connectivity index is 1.81. The highest BCUT2D eigenvalue weighted by Crippen LogP contribution is 2.41. The Labute approximate surface area is 128 Å². The van der Waals surface area contributed by atoms with Crippen LogP contribution in [0.3, 0.4) is 0 Å². The Morgan fingerprint density at radius 1 is 1.27 bits per heavy atom. The zero-order chi connectivity index (χ0) is 15.5. The van der Waals surface area contributed by atoms with Crippen LogP contribution in [0.2, 0.25) is 0 Å². The van der Waals surface area contributed by atoms with E-state index in [1.165, 1.54) is 12.3 Å². The fourth-order valence-electron chi connectivity index (χ4n) is 2.53. The van der Waals surface area contributed by atoms with Crippen molar-refractivity contribution in [2.24, 2.45) is 5.92 Å². The maximum atomic E-state index is 12.3. The molecule has 1 heterocycles.